The summed E-state index contributed by atoms with van der Waals surface area (Å²) in [4.78, 5) is 30.3. The summed E-state index contributed by atoms with van der Waals surface area (Å²) in [5, 5.41) is 0.191. The number of nitrogens with one attached hydrogen (secondary N) is 1. The van der Waals surface area contributed by atoms with Gasteiger partial charge in [0, 0.05) is 37.2 Å². The maximum atomic E-state index is 13.7. The second-order valence-electron chi connectivity index (χ2n) is 7.97. The summed E-state index contributed by atoms with van der Waals surface area (Å²) in [6, 6.07) is 2.48. The Morgan fingerprint density at radius 3 is 2.58 bits per heavy atom. The lowest BCUT2D eigenvalue weighted by Crippen LogP contribution is -2.68. The minimum absolute atomic E-state index is 0.0202. The third kappa shape index (κ3) is 2.47. The van der Waals surface area contributed by atoms with E-state index in [4.69, 9.17) is 4.74 Å². The Balaban J connectivity index is 1.99. The van der Waals surface area contributed by atoms with Crippen LogP contribution in [0.15, 0.2) is 23.1 Å². The normalized spacial score (nSPS) is 24.3. The van der Waals surface area contributed by atoms with Gasteiger partial charge in [-0.1, -0.05) is 13.8 Å². The van der Waals surface area contributed by atoms with Crippen molar-refractivity contribution < 1.29 is 13.9 Å². The van der Waals surface area contributed by atoms with Crippen LogP contribution in [-0.4, -0.2) is 41.6 Å². The molecule has 2 atom stereocenters. The van der Waals surface area contributed by atoms with Crippen molar-refractivity contribution in [2.75, 3.05) is 14.2 Å². The summed E-state index contributed by atoms with van der Waals surface area (Å²) in [6.07, 6.45) is 2.12. The number of nitrogens with zero attached hydrogens (tertiary/aromatic N) is 1. The number of hydrogen-bond acceptors (Lipinski definition) is 3. The molecule has 140 valence electrons. The topological polar surface area (TPSA) is 62.4 Å². The molecule has 1 aromatic carbocycles. The van der Waals surface area contributed by atoms with Gasteiger partial charge in [0.2, 0.25) is 5.43 Å². The van der Waals surface area contributed by atoms with E-state index in [9.17, 15) is 14.0 Å². The van der Waals surface area contributed by atoms with Crippen LogP contribution in [0.1, 0.15) is 43.1 Å². The number of halogens is 1. The molecule has 0 spiro atoms. The van der Waals surface area contributed by atoms with Crippen molar-refractivity contribution in [1.29, 1.82) is 0 Å². The largest absolute Gasteiger partial charge is 0.378 e. The molecule has 1 saturated carbocycles. The highest BCUT2D eigenvalue weighted by Crippen LogP contribution is 2.53. The van der Waals surface area contributed by atoms with E-state index in [0.717, 1.165) is 0 Å². The molecule has 3 rings (SSSR count). The van der Waals surface area contributed by atoms with Crippen molar-refractivity contribution in [1.82, 2.24) is 9.88 Å². The number of H-pyrrole nitrogens is 1. The van der Waals surface area contributed by atoms with E-state index in [1.54, 1.807) is 26.0 Å². The molecular weight excluding hydrogens is 335 g/mol. The fraction of sp³-hybridized carbons (Fsp3) is 0.500. The molecule has 1 amide bonds. The van der Waals surface area contributed by atoms with Crippen LogP contribution in [0.2, 0.25) is 0 Å². The lowest BCUT2D eigenvalue weighted by molar-refractivity contribution is -0.198. The minimum atomic E-state index is -0.491. The number of benzene rings is 1. The Kier molecular flexibility index (Phi) is 4.22. The molecule has 1 aliphatic rings. The molecule has 1 aliphatic carbocycles. The maximum Gasteiger partial charge on any atom is 0.259 e. The van der Waals surface area contributed by atoms with Crippen LogP contribution in [0.5, 0.6) is 0 Å². The Bertz CT molecular complexity index is 950. The standard InChI is InChI=1S/C20H25FN2O3/c1-11-7-12(21)8-13-16(11)22-10-14(17(13)24)18(25)23(5)15-9-20(4,26-6)19(15,2)3/h7-8,10,15H,9H2,1-6H3,(H,22,24)/t15-,20+/m1/s1. The number of fused-ring (bicyclic) bond motifs is 1. The molecule has 0 saturated heterocycles. The molecule has 0 radical (unpaired) electrons. The summed E-state index contributed by atoms with van der Waals surface area (Å²) in [5.74, 6) is -0.860. The van der Waals surface area contributed by atoms with Crippen molar-refractivity contribution in [3.05, 3.63) is 45.5 Å². The van der Waals surface area contributed by atoms with Gasteiger partial charge in [-0.25, -0.2) is 4.39 Å². The first kappa shape index (κ1) is 18.6. The van der Waals surface area contributed by atoms with Crippen LogP contribution in [0.25, 0.3) is 10.9 Å². The molecule has 26 heavy (non-hydrogen) atoms. The average Bonchev–Trinajstić information content (AvgIpc) is 2.59. The van der Waals surface area contributed by atoms with E-state index in [1.807, 2.05) is 6.92 Å². The number of pyridine rings is 1. The zero-order valence-corrected chi connectivity index (χ0v) is 16.1. The number of carbonyl (C=O) groups excluding carboxylic acids is 1. The van der Waals surface area contributed by atoms with Crippen molar-refractivity contribution >= 4 is 16.8 Å². The second-order valence-corrected chi connectivity index (χ2v) is 7.97. The number of ether oxygens (including phenoxy) is 1. The van der Waals surface area contributed by atoms with Crippen molar-refractivity contribution in [3.8, 4) is 0 Å². The minimum Gasteiger partial charge on any atom is -0.378 e. The molecule has 1 fully saturated rings. The van der Waals surface area contributed by atoms with Gasteiger partial charge in [-0.2, -0.15) is 0 Å². The maximum absolute atomic E-state index is 13.7. The average molecular weight is 360 g/mol. The third-order valence-electron chi connectivity index (χ3n) is 6.40. The van der Waals surface area contributed by atoms with Crippen molar-refractivity contribution in [3.63, 3.8) is 0 Å². The smallest absolute Gasteiger partial charge is 0.259 e. The molecule has 0 bridgehead atoms. The number of methoxy groups -OCH3 is 1. The molecule has 1 N–H and O–H groups in total. The van der Waals surface area contributed by atoms with Gasteiger partial charge in [0.05, 0.1) is 11.1 Å². The summed E-state index contributed by atoms with van der Waals surface area (Å²) >= 11 is 0. The van der Waals surface area contributed by atoms with Gasteiger partial charge in [-0.3, -0.25) is 9.59 Å². The lowest BCUT2D eigenvalue weighted by atomic mass is 9.55. The first-order chi connectivity index (χ1) is 12.0. The summed E-state index contributed by atoms with van der Waals surface area (Å²) in [7, 11) is 3.37. The molecule has 1 aromatic heterocycles. The Hall–Kier alpha value is -2.21. The molecular formula is C20H25FN2O3. The van der Waals surface area contributed by atoms with Crippen molar-refractivity contribution in [2.24, 2.45) is 5.41 Å². The zero-order chi connectivity index (χ0) is 19.4. The van der Waals surface area contributed by atoms with Crippen LogP contribution in [0.3, 0.4) is 0 Å². The lowest BCUT2D eigenvalue weighted by Gasteiger charge is -2.61. The van der Waals surface area contributed by atoms with Gasteiger partial charge < -0.3 is 14.6 Å². The molecule has 5 nitrogen and oxygen atoms in total. The van der Waals surface area contributed by atoms with Crippen LogP contribution in [0, 0.1) is 18.2 Å². The number of hydrogen-bond donors (Lipinski definition) is 1. The highest BCUT2D eigenvalue weighted by atomic mass is 19.1. The molecule has 6 heteroatoms. The fourth-order valence-electron chi connectivity index (χ4n) is 4.04. The first-order valence-electron chi connectivity index (χ1n) is 8.67. The van der Waals surface area contributed by atoms with Crippen LogP contribution >= 0.6 is 0 Å². The number of rotatable bonds is 3. The van der Waals surface area contributed by atoms with E-state index < -0.39 is 11.2 Å². The number of carbonyl (C=O) groups is 1. The van der Waals surface area contributed by atoms with Crippen LogP contribution in [0.4, 0.5) is 4.39 Å². The Morgan fingerprint density at radius 2 is 2.00 bits per heavy atom. The Morgan fingerprint density at radius 1 is 1.35 bits per heavy atom. The molecule has 0 aliphatic heterocycles. The van der Waals surface area contributed by atoms with Gasteiger partial charge in [-0.15, -0.1) is 0 Å². The number of aromatic nitrogens is 1. The van der Waals surface area contributed by atoms with Gasteiger partial charge in [-0.05, 0) is 38.0 Å². The van der Waals surface area contributed by atoms with Crippen LogP contribution in [-0.2, 0) is 4.74 Å². The highest BCUT2D eigenvalue weighted by Gasteiger charge is 2.59. The predicted octanol–water partition coefficient (Wildman–Crippen LogP) is 3.25. The molecule has 2 aromatic rings. The number of aryl methyl sites for hydroxylation is 1. The SMILES string of the molecule is CO[C@@]1(C)C[C@@H](N(C)C(=O)c2c[nH]c3c(C)cc(F)cc3c2=O)C1(C)C. The third-order valence-corrected chi connectivity index (χ3v) is 6.40. The van der Waals surface area contributed by atoms with Gasteiger partial charge in [0.1, 0.15) is 11.4 Å². The van der Waals surface area contributed by atoms with Gasteiger partial charge >= 0.3 is 0 Å². The first-order valence-corrected chi connectivity index (χ1v) is 8.67. The van der Waals surface area contributed by atoms with Crippen LogP contribution < -0.4 is 5.43 Å². The monoisotopic (exact) mass is 360 g/mol. The number of amides is 1. The Labute approximate surface area is 152 Å². The van der Waals surface area contributed by atoms with Gasteiger partial charge in [0.25, 0.3) is 5.91 Å². The quantitative estimate of drug-likeness (QED) is 0.914. The van der Waals surface area contributed by atoms with E-state index >= 15 is 0 Å². The summed E-state index contributed by atoms with van der Waals surface area (Å²) in [5.41, 5.74) is 0.171. The number of aromatic amines is 1. The summed E-state index contributed by atoms with van der Waals surface area (Å²) < 4.78 is 19.3. The van der Waals surface area contributed by atoms with E-state index in [0.29, 0.717) is 17.5 Å². The van der Waals surface area contributed by atoms with Gasteiger partial charge in [0.15, 0.2) is 0 Å². The van der Waals surface area contributed by atoms with E-state index in [-0.39, 0.29) is 33.9 Å². The zero-order valence-electron chi connectivity index (χ0n) is 16.1. The molecule has 0 unspecified atom stereocenters. The fourth-order valence-corrected chi connectivity index (χ4v) is 4.04. The van der Waals surface area contributed by atoms with Crippen molar-refractivity contribution in [2.45, 2.75) is 45.8 Å². The second kappa shape index (κ2) is 5.91. The summed E-state index contributed by atoms with van der Waals surface area (Å²) in [6.45, 7) is 7.85. The van der Waals surface area contributed by atoms with E-state index in [1.165, 1.54) is 18.3 Å². The highest BCUT2D eigenvalue weighted by molar-refractivity contribution is 5.97. The molecule has 1 heterocycles. The van der Waals surface area contributed by atoms with E-state index in [2.05, 4.69) is 18.8 Å². The predicted molar refractivity (Wildman–Crippen MR) is 99.0 cm³/mol.